The Morgan fingerprint density at radius 3 is 2.54 bits per heavy atom. The molecule has 13 heteroatoms. The van der Waals surface area contributed by atoms with Gasteiger partial charge in [-0.1, -0.05) is 45.9 Å². The van der Waals surface area contributed by atoms with Crippen LogP contribution in [0.3, 0.4) is 0 Å². The van der Waals surface area contributed by atoms with E-state index in [0.29, 0.717) is 34.0 Å². The number of nitrogens with one attached hydrogen (secondary N) is 1. The first kappa shape index (κ1) is 23.1. The van der Waals surface area contributed by atoms with Crippen LogP contribution >= 0.6 is 34.7 Å². The van der Waals surface area contributed by atoms with E-state index in [1.165, 1.54) is 17.9 Å². The number of benzene rings is 2. The van der Waals surface area contributed by atoms with Gasteiger partial charge in [-0.25, -0.2) is 14.6 Å². The van der Waals surface area contributed by atoms with Gasteiger partial charge in [0.05, 0.1) is 11.6 Å². The zero-order valence-electron chi connectivity index (χ0n) is 18.2. The summed E-state index contributed by atoms with van der Waals surface area (Å²) < 4.78 is 11.7. The van der Waals surface area contributed by atoms with E-state index in [1.54, 1.807) is 23.1 Å². The predicted molar refractivity (Wildman–Crippen MR) is 134 cm³/mol. The first-order valence-electron chi connectivity index (χ1n) is 10.4. The highest BCUT2D eigenvalue weighted by Gasteiger charge is 2.14. The Kier molecular flexibility index (Phi) is 6.80. The number of rotatable bonds is 8. The molecule has 35 heavy (non-hydrogen) atoms. The van der Waals surface area contributed by atoms with E-state index in [-0.39, 0.29) is 6.10 Å². The Morgan fingerprint density at radius 1 is 1.03 bits per heavy atom. The second-order valence-electron chi connectivity index (χ2n) is 7.48. The van der Waals surface area contributed by atoms with Crippen LogP contribution in [-0.4, -0.2) is 45.9 Å². The summed E-state index contributed by atoms with van der Waals surface area (Å²) in [6, 6.07) is 12.9. The number of anilines is 2. The molecule has 5 aromatic rings. The van der Waals surface area contributed by atoms with Crippen LogP contribution in [0.15, 0.2) is 61.2 Å². The summed E-state index contributed by atoms with van der Waals surface area (Å²) in [5.74, 6) is 0.978. The van der Waals surface area contributed by atoms with Gasteiger partial charge in [-0.15, -0.1) is 10.2 Å². The van der Waals surface area contributed by atoms with E-state index in [9.17, 15) is 0 Å². The van der Waals surface area contributed by atoms with Crippen LogP contribution in [0, 0.1) is 0 Å². The third-order valence-electron chi connectivity index (χ3n) is 4.91. The number of halogens is 2. The molecule has 0 saturated carbocycles. The Balaban J connectivity index is 1.30. The maximum absolute atomic E-state index is 6.36. The molecule has 0 radical (unpaired) electrons. The minimum Gasteiger partial charge on any atom is -0.487 e. The summed E-state index contributed by atoms with van der Waals surface area (Å²) in [4.78, 5) is 8.90. The fraction of sp³-hybridized carbons (Fsp3) is 0.136. The van der Waals surface area contributed by atoms with Gasteiger partial charge in [0.25, 0.3) is 0 Å². The average molecular weight is 526 g/mol. The molecule has 0 aliphatic heterocycles. The number of tetrazole rings is 1. The van der Waals surface area contributed by atoms with Crippen LogP contribution in [0.2, 0.25) is 10.0 Å². The van der Waals surface area contributed by atoms with Crippen molar-refractivity contribution in [1.82, 2.24) is 39.8 Å². The van der Waals surface area contributed by atoms with E-state index >= 15 is 0 Å². The molecule has 3 aromatic heterocycles. The van der Waals surface area contributed by atoms with E-state index < -0.39 is 0 Å². The molecule has 0 bridgehead atoms. The summed E-state index contributed by atoms with van der Waals surface area (Å²) >= 11 is 13.6. The average Bonchev–Trinajstić information content (AvgIpc) is 3.54. The van der Waals surface area contributed by atoms with E-state index in [4.69, 9.17) is 27.9 Å². The van der Waals surface area contributed by atoms with Crippen molar-refractivity contribution in [3.8, 4) is 28.1 Å². The van der Waals surface area contributed by atoms with E-state index in [2.05, 4.69) is 40.4 Å². The molecule has 0 saturated heterocycles. The van der Waals surface area contributed by atoms with Gasteiger partial charge in [-0.2, -0.15) is 0 Å². The predicted octanol–water partition coefficient (Wildman–Crippen LogP) is 5.17. The van der Waals surface area contributed by atoms with Crippen molar-refractivity contribution in [1.29, 1.82) is 0 Å². The zero-order valence-corrected chi connectivity index (χ0v) is 20.5. The zero-order chi connectivity index (χ0) is 24.2. The first-order valence-corrected chi connectivity index (χ1v) is 11.9. The number of hydrogen-bond acceptors (Lipinski definition) is 10. The lowest BCUT2D eigenvalue weighted by Crippen LogP contribution is -2.20. The van der Waals surface area contributed by atoms with Gasteiger partial charge in [0.1, 0.15) is 28.9 Å². The summed E-state index contributed by atoms with van der Waals surface area (Å²) in [7, 11) is 0. The molecule has 0 unspecified atom stereocenters. The lowest BCUT2D eigenvalue weighted by atomic mass is 10.1. The minimum absolute atomic E-state index is 0.197. The highest BCUT2D eigenvalue weighted by atomic mass is 35.5. The molecule has 0 aliphatic carbocycles. The largest absolute Gasteiger partial charge is 0.487 e. The fourth-order valence-corrected chi connectivity index (χ4v) is 4.14. The third kappa shape index (κ3) is 5.53. The SMILES string of the molecule is C[C@@H](Cn1cnnn1)Oc1cc(-c2cnc(Nc3snnc3-c3ccc(Cl)cc3)nc2)ccc1Cl. The van der Waals surface area contributed by atoms with Crippen LogP contribution < -0.4 is 10.1 Å². The van der Waals surface area contributed by atoms with Gasteiger partial charge in [0.2, 0.25) is 5.95 Å². The Morgan fingerprint density at radius 2 is 1.80 bits per heavy atom. The van der Waals surface area contributed by atoms with Crippen molar-refractivity contribution in [2.45, 2.75) is 19.6 Å². The Bertz CT molecular complexity index is 1410. The normalized spacial score (nSPS) is 11.9. The number of ether oxygens (including phenoxy) is 1. The number of aromatic nitrogens is 8. The molecule has 0 fully saturated rings. The topological polar surface area (TPSA) is 116 Å². The quantitative estimate of drug-likeness (QED) is 0.292. The van der Waals surface area contributed by atoms with Gasteiger partial charge < -0.3 is 10.1 Å². The fourth-order valence-electron chi connectivity index (χ4n) is 3.27. The van der Waals surface area contributed by atoms with Crippen molar-refractivity contribution in [2.75, 3.05) is 5.32 Å². The van der Waals surface area contributed by atoms with Gasteiger partial charge in [-0.05, 0) is 47.2 Å². The van der Waals surface area contributed by atoms with Gasteiger partial charge in [-0.3, -0.25) is 0 Å². The van der Waals surface area contributed by atoms with Gasteiger partial charge >= 0.3 is 0 Å². The van der Waals surface area contributed by atoms with Gasteiger partial charge in [0, 0.05) is 40.1 Å². The van der Waals surface area contributed by atoms with Crippen molar-refractivity contribution in [3.05, 3.63) is 71.2 Å². The Labute approximate surface area is 214 Å². The monoisotopic (exact) mass is 525 g/mol. The smallest absolute Gasteiger partial charge is 0.227 e. The summed E-state index contributed by atoms with van der Waals surface area (Å²) in [6.45, 7) is 2.41. The highest BCUT2D eigenvalue weighted by molar-refractivity contribution is 7.10. The van der Waals surface area contributed by atoms with Gasteiger partial charge in [0.15, 0.2) is 0 Å². The molecule has 0 aliphatic rings. The molecule has 5 rings (SSSR count). The minimum atomic E-state index is -0.197. The molecule has 2 aromatic carbocycles. The third-order valence-corrected chi connectivity index (χ3v) is 6.12. The van der Waals surface area contributed by atoms with Crippen molar-refractivity contribution in [3.63, 3.8) is 0 Å². The molecule has 10 nitrogen and oxygen atoms in total. The van der Waals surface area contributed by atoms with E-state index in [0.717, 1.165) is 21.7 Å². The van der Waals surface area contributed by atoms with Crippen molar-refractivity contribution < 1.29 is 4.74 Å². The molecule has 0 spiro atoms. The molecule has 0 amide bonds. The first-order chi connectivity index (χ1) is 17.0. The summed E-state index contributed by atoms with van der Waals surface area (Å²) in [6.07, 6.45) is 4.79. The molecular formula is C22H17Cl2N9OS. The van der Waals surface area contributed by atoms with Crippen molar-refractivity contribution >= 4 is 45.7 Å². The van der Waals surface area contributed by atoms with Crippen LogP contribution in [0.5, 0.6) is 5.75 Å². The second kappa shape index (κ2) is 10.3. The van der Waals surface area contributed by atoms with E-state index in [1.807, 2.05) is 43.3 Å². The van der Waals surface area contributed by atoms with Crippen molar-refractivity contribution in [2.24, 2.45) is 0 Å². The lowest BCUT2D eigenvalue weighted by molar-refractivity contribution is 0.193. The molecule has 3 heterocycles. The molecule has 176 valence electrons. The Hall–Kier alpha value is -3.67. The lowest BCUT2D eigenvalue weighted by Gasteiger charge is -2.16. The van der Waals surface area contributed by atoms with Crippen LogP contribution in [-0.2, 0) is 6.54 Å². The standard InChI is InChI=1S/C22H17Cl2N9OS/c1-13(11-33-12-27-30-31-33)34-19-8-15(4-7-18(19)24)16-9-25-22(26-10-16)28-21-20(29-32-35-21)14-2-5-17(23)6-3-14/h2-10,12-13H,11H2,1H3,(H,25,26,28)/t13-/m0/s1. The number of hydrogen-bond donors (Lipinski definition) is 1. The highest BCUT2D eigenvalue weighted by Crippen LogP contribution is 2.33. The number of nitrogens with zero attached hydrogens (tertiary/aromatic N) is 8. The maximum atomic E-state index is 6.36. The van der Waals surface area contributed by atoms with Crippen LogP contribution in [0.1, 0.15) is 6.92 Å². The summed E-state index contributed by atoms with van der Waals surface area (Å²) in [5, 5.41) is 20.4. The van der Waals surface area contributed by atoms with Crippen LogP contribution in [0.25, 0.3) is 22.4 Å². The molecule has 1 atom stereocenters. The summed E-state index contributed by atoms with van der Waals surface area (Å²) in [5.41, 5.74) is 3.28. The molecular weight excluding hydrogens is 509 g/mol. The van der Waals surface area contributed by atoms with Crippen LogP contribution in [0.4, 0.5) is 10.9 Å². The second-order valence-corrected chi connectivity index (χ2v) is 9.08. The molecule has 1 N–H and O–H groups in total. The maximum Gasteiger partial charge on any atom is 0.227 e.